The summed E-state index contributed by atoms with van der Waals surface area (Å²) in [4.78, 5) is 36.1. The summed E-state index contributed by atoms with van der Waals surface area (Å²) in [7, 11) is 0. The number of benzene rings is 1. The van der Waals surface area contributed by atoms with Crippen LogP contribution in [0.3, 0.4) is 0 Å². The standard InChI is InChI=1S/C18H26N2O4/c1-5-19-17(22)13(4)24-18(23)16(12(2)3)20-15(21)11-14-9-7-6-8-10-14/h6-10,12-13,16H,5,11H2,1-4H3,(H,19,22)(H,20,21)/t13-,16+/m1/s1. The monoisotopic (exact) mass is 334 g/mol. The van der Waals surface area contributed by atoms with Crippen LogP contribution in [0.1, 0.15) is 33.3 Å². The van der Waals surface area contributed by atoms with E-state index in [0.29, 0.717) is 6.54 Å². The predicted molar refractivity (Wildman–Crippen MR) is 91.2 cm³/mol. The van der Waals surface area contributed by atoms with E-state index < -0.39 is 18.1 Å². The van der Waals surface area contributed by atoms with Gasteiger partial charge in [0.25, 0.3) is 5.91 Å². The Hall–Kier alpha value is -2.37. The van der Waals surface area contributed by atoms with Crippen molar-refractivity contribution in [1.29, 1.82) is 0 Å². The molecular formula is C18H26N2O4. The van der Waals surface area contributed by atoms with E-state index in [9.17, 15) is 14.4 Å². The van der Waals surface area contributed by atoms with Crippen molar-refractivity contribution in [3.63, 3.8) is 0 Å². The van der Waals surface area contributed by atoms with E-state index in [0.717, 1.165) is 5.56 Å². The van der Waals surface area contributed by atoms with Gasteiger partial charge in [-0.05, 0) is 25.3 Å². The molecule has 6 heteroatoms. The molecule has 1 rings (SSSR count). The van der Waals surface area contributed by atoms with Crippen molar-refractivity contribution in [2.45, 2.75) is 46.3 Å². The minimum absolute atomic E-state index is 0.154. The van der Waals surface area contributed by atoms with E-state index in [-0.39, 0.29) is 24.2 Å². The van der Waals surface area contributed by atoms with Crippen molar-refractivity contribution < 1.29 is 19.1 Å². The fraction of sp³-hybridized carbons (Fsp3) is 0.500. The van der Waals surface area contributed by atoms with Gasteiger partial charge in [0, 0.05) is 6.54 Å². The molecule has 1 aromatic rings. The second-order valence-electron chi connectivity index (χ2n) is 5.93. The van der Waals surface area contributed by atoms with E-state index in [2.05, 4.69) is 10.6 Å². The molecule has 0 saturated carbocycles. The molecule has 24 heavy (non-hydrogen) atoms. The molecule has 0 fully saturated rings. The topological polar surface area (TPSA) is 84.5 Å². The Morgan fingerprint density at radius 2 is 1.71 bits per heavy atom. The first kappa shape index (κ1) is 19.7. The molecular weight excluding hydrogens is 308 g/mol. The maximum atomic E-state index is 12.3. The predicted octanol–water partition coefficient (Wildman–Crippen LogP) is 1.44. The zero-order valence-electron chi connectivity index (χ0n) is 14.7. The van der Waals surface area contributed by atoms with Crippen LogP contribution in [0.15, 0.2) is 30.3 Å². The summed E-state index contributed by atoms with van der Waals surface area (Å²) in [5.41, 5.74) is 0.863. The lowest BCUT2D eigenvalue weighted by Crippen LogP contribution is -2.48. The van der Waals surface area contributed by atoms with Crippen LogP contribution < -0.4 is 10.6 Å². The first-order valence-corrected chi connectivity index (χ1v) is 8.16. The van der Waals surface area contributed by atoms with E-state index in [1.807, 2.05) is 44.2 Å². The van der Waals surface area contributed by atoms with Gasteiger partial charge in [-0.1, -0.05) is 44.2 Å². The number of carbonyl (C=O) groups is 3. The maximum Gasteiger partial charge on any atom is 0.329 e. The van der Waals surface area contributed by atoms with Crippen LogP contribution in [0.4, 0.5) is 0 Å². The molecule has 6 nitrogen and oxygen atoms in total. The minimum atomic E-state index is -0.898. The second-order valence-corrected chi connectivity index (χ2v) is 5.93. The number of amides is 2. The zero-order chi connectivity index (χ0) is 18.1. The Morgan fingerprint density at radius 3 is 2.25 bits per heavy atom. The van der Waals surface area contributed by atoms with Crippen LogP contribution in [0.2, 0.25) is 0 Å². The third-order valence-electron chi connectivity index (χ3n) is 3.46. The highest BCUT2D eigenvalue weighted by molar-refractivity contribution is 5.88. The summed E-state index contributed by atoms with van der Waals surface area (Å²) in [5.74, 6) is -1.38. The molecule has 0 saturated heterocycles. The first-order chi connectivity index (χ1) is 11.3. The van der Waals surface area contributed by atoms with Gasteiger partial charge in [0.05, 0.1) is 6.42 Å². The summed E-state index contributed by atoms with van der Waals surface area (Å²) in [5, 5.41) is 5.28. The number of carbonyl (C=O) groups excluding carboxylic acids is 3. The van der Waals surface area contributed by atoms with Gasteiger partial charge in [-0.15, -0.1) is 0 Å². The molecule has 0 aliphatic heterocycles. The second kappa shape index (κ2) is 9.70. The highest BCUT2D eigenvalue weighted by atomic mass is 16.5. The Bertz CT molecular complexity index is 557. The van der Waals surface area contributed by atoms with E-state index >= 15 is 0 Å². The van der Waals surface area contributed by atoms with Gasteiger partial charge < -0.3 is 15.4 Å². The van der Waals surface area contributed by atoms with Crippen molar-refractivity contribution in [1.82, 2.24) is 10.6 Å². The van der Waals surface area contributed by atoms with Crippen molar-refractivity contribution in [3.05, 3.63) is 35.9 Å². The molecule has 0 unspecified atom stereocenters. The van der Waals surface area contributed by atoms with E-state index in [4.69, 9.17) is 4.74 Å². The molecule has 0 heterocycles. The summed E-state index contributed by atoms with van der Waals surface area (Å²) >= 11 is 0. The molecule has 0 radical (unpaired) electrons. The molecule has 0 aromatic heterocycles. The molecule has 2 N–H and O–H groups in total. The van der Waals surface area contributed by atoms with E-state index in [1.165, 1.54) is 6.92 Å². The highest BCUT2D eigenvalue weighted by Crippen LogP contribution is 2.07. The van der Waals surface area contributed by atoms with Crippen molar-refractivity contribution in [2.24, 2.45) is 5.92 Å². The minimum Gasteiger partial charge on any atom is -0.451 e. The van der Waals surface area contributed by atoms with E-state index in [1.54, 1.807) is 6.92 Å². The Morgan fingerprint density at radius 1 is 1.08 bits per heavy atom. The van der Waals surface area contributed by atoms with Gasteiger partial charge >= 0.3 is 5.97 Å². The number of nitrogens with one attached hydrogen (secondary N) is 2. The molecule has 1 aromatic carbocycles. The van der Waals surface area contributed by atoms with Crippen LogP contribution in [0, 0.1) is 5.92 Å². The van der Waals surface area contributed by atoms with Gasteiger partial charge in [-0.25, -0.2) is 4.79 Å². The molecule has 0 aliphatic carbocycles. The molecule has 0 bridgehead atoms. The SMILES string of the molecule is CCNC(=O)[C@@H](C)OC(=O)[C@@H](NC(=O)Cc1ccccc1)C(C)C. The van der Waals surface area contributed by atoms with Gasteiger partial charge in [0.2, 0.25) is 5.91 Å². The Labute approximate surface area is 143 Å². The lowest BCUT2D eigenvalue weighted by Gasteiger charge is -2.23. The van der Waals surface area contributed by atoms with Gasteiger partial charge in [0.1, 0.15) is 6.04 Å². The normalized spacial score (nSPS) is 13.0. The van der Waals surface area contributed by atoms with Gasteiger partial charge in [-0.2, -0.15) is 0 Å². The summed E-state index contributed by atoms with van der Waals surface area (Å²) in [6, 6.07) is 8.48. The largest absolute Gasteiger partial charge is 0.451 e. The van der Waals surface area contributed by atoms with Crippen molar-refractivity contribution in [2.75, 3.05) is 6.54 Å². The molecule has 0 aliphatic rings. The molecule has 0 spiro atoms. The fourth-order valence-electron chi connectivity index (χ4n) is 2.12. The molecule has 2 atom stereocenters. The average Bonchev–Trinajstić information content (AvgIpc) is 2.53. The summed E-state index contributed by atoms with van der Waals surface area (Å²) < 4.78 is 5.17. The van der Waals surface area contributed by atoms with Crippen LogP contribution in [0.25, 0.3) is 0 Å². The number of esters is 1. The lowest BCUT2D eigenvalue weighted by molar-refractivity contribution is -0.158. The number of ether oxygens (including phenoxy) is 1. The third-order valence-corrected chi connectivity index (χ3v) is 3.46. The number of hydrogen-bond donors (Lipinski definition) is 2. The Balaban J connectivity index is 2.64. The lowest BCUT2D eigenvalue weighted by atomic mass is 10.0. The van der Waals surface area contributed by atoms with Crippen molar-refractivity contribution in [3.8, 4) is 0 Å². The average molecular weight is 334 g/mol. The first-order valence-electron chi connectivity index (χ1n) is 8.16. The molecule has 132 valence electrons. The van der Waals surface area contributed by atoms with Gasteiger partial charge in [-0.3, -0.25) is 9.59 Å². The summed E-state index contributed by atoms with van der Waals surface area (Å²) in [6.45, 7) is 7.37. The van der Waals surface area contributed by atoms with Crippen LogP contribution >= 0.6 is 0 Å². The van der Waals surface area contributed by atoms with Crippen LogP contribution in [-0.4, -0.2) is 36.5 Å². The quantitative estimate of drug-likeness (QED) is 0.705. The maximum absolute atomic E-state index is 12.3. The van der Waals surface area contributed by atoms with Crippen molar-refractivity contribution >= 4 is 17.8 Å². The summed E-state index contributed by atoms with van der Waals surface area (Å²) in [6.07, 6.45) is -0.715. The number of rotatable bonds is 8. The molecule has 2 amide bonds. The Kier molecular flexibility index (Phi) is 7.95. The third kappa shape index (κ3) is 6.40. The number of hydrogen-bond acceptors (Lipinski definition) is 4. The zero-order valence-corrected chi connectivity index (χ0v) is 14.7. The van der Waals surface area contributed by atoms with Crippen LogP contribution in [-0.2, 0) is 25.5 Å². The fourth-order valence-corrected chi connectivity index (χ4v) is 2.12. The van der Waals surface area contributed by atoms with Gasteiger partial charge in [0.15, 0.2) is 6.10 Å². The highest BCUT2D eigenvalue weighted by Gasteiger charge is 2.28. The number of likely N-dealkylation sites (N-methyl/N-ethyl adjacent to an activating group) is 1. The van der Waals surface area contributed by atoms with Crippen LogP contribution in [0.5, 0.6) is 0 Å². The smallest absolute Gasteiger partial charge is 0.329 e.